The molecule has 2 N–H and O–H groups in total. The summed E-state index contributed by atoms with van der Waals surface area (Å²) < 4.78 is 19.2. The maximum Gasteiger partial charge on any atom is 0.147 e. The number of benzene rings is 6. The van der Waals surface area contributed by atoms with Crippen LogP contribution in [0.3, 0.4) is 0 Å². The van der Waals surface area contributed by atoms with Crippen LogP contribution in [0.15, 0.2) is 170 Å². The Morgan fingerprint density at radius 2 is 1.02 bits per heavy atom. The minimum Gasteiger partial charge on any atom is -0.388 e. The van der Waals surface area contributed by atoms with Crippen molar-refractivity contribution in [2.24, 2.45) is 11.8 Å². The minimum atomic E-state index is -0.882. The molecule has 8 aromatic rings. The molecule has 0 unspecified atom stereocenters. The van der Waals surface area contributed by atoms with Crippen LogP contribution < -0.4 is 20.4 Å². The summed E-state index contributed by atoms with van der Waals surface area (Å²) >= 11 is 1.78. The number of alkyl halides is 1. The number of thiophene rings is 1. The van der Waals surface area contributed by atoms with Crippen molar-refractivity contribution in [3.05, 3.63) is 220 Å². The molecule has 3 aliphatic rings. The molecule has 0 radical (unpaired) electrons. The fourth-order valence-corrected chi connectivity index (χ4v) is 9.78. The van der Waals surface area contributed by atoms with Crippen LogP contribution in [0.25, 0.3) is 10.1 Å². The Bertz CT molecular complexity index is 2790. The summed E-state index contributed by atoms with van der Waals surface area (Å²) in [5.41, 5.74) is 13.6. The second-order valence-corrected chi connectivity index (χ2v) is 28.2. The number of rotatable bonds is 7. The predicted octanol–water partition coefficient (Wildman–Crippen LogP) is 20.4. The molecule has 1 aliphatic carbocycles. The number of nitrogens with one attached hydrogen (secondary N) is 2. The lowest BCUT2D eigenvalue weighted by molar-refractivity contribution is 0.0870. The van der Waals surface area contributed by atoms with E-state index in [4.69, 9.17) is 4.74 Å². The molecule has 4 heterocycles. The second kappa shape index (κ2) is 55.4. The van der Waals surface area contributed by atoms with E-state index in [9.17, 15) is 4.39 Å². The highest BCUT2D eigenvalue weighted by molar-refractivity contribution is 7.17. The fourth-order valence-electron chi connectivity index (χ4n) is 8.95. The molecule has 2 saturated heterocycles. The topological polar surface area (TPSA) is 75.3 Å². The third kappa shape index (κ3) is 50.5. The SMILES string of the molecule is CC1CCCCC1.CCc1cccc(N(C)C)c1.CN(C)C.CN1CCC(C)(F)CC1.CN1CCN(c2cnccn2)CC1.CNC.CNc1ccc2ccsc2c1.COCCC(C)C.Cc1ccc(C)cc1.Cc1ccc(C)cc1.Cc1ccc(C)cc1.Cc1ccc(C)cc1. The third-order valence-corrected chi connectivity index (χ3v) is 16.5. The zero-order valence-electron chi connectivity index (χ0n) is 65.5. The van der Waals surface area contributed by atoms with Crippen molar-refractivity contribution in [3.63, 3.8) is 0 Å². The molecule has 2 aliphatic heterocycles. The van der Waals surface area contributed by atoms with E-state index in [1.54, 1.807) is 37.8 Å². The summed E-state index contributed by atoms with van der Waals surface area (Å²) in [7, 11) is 21.7. The number of likely N-dealkylation sites (N-methyl/N-ethyl adjacent to an activating group) is 1. The van der Waals surface area contributed by atoms with Crippen molar-refractivity contribution >= 4 is 38.6 Å². The van der Waals surface area contributed by atoms with Gasteiger partial charge in [0, 0.05) is 103 Å². The molecule has 1 saturated carbocycles. The van der Waals surface area contributed by atoms with Gasteiger partial charge in [-0.05, 0) is 196 Å². The van der Waals surface area contributed by atoms with Crippen molar-refractivity contribution in [3.8, 4) is 0 Å². The molecule has 97 heavy (non-hydrogen) atoms. The summed E-state index contributed by atoms with van der Waals surface area (Å²) in [4.78, 5) is 19.2. The van der Waals surface area contributed by atoms with Gasteiger partial charge in [-0.3, -0.25) is 4.98 Å². The first-order chi connectivity index (χ1) is 46.1. The van der Waals surface area contributed by atoms with Crippen LogP contribution >= 0.6 is 11.3 Å². The van der Waals surface area contributed by atoms with E-state index < -0.39 is 5.67 Å². The average Bonchev–Trinajstić information content (AvgIpc) is 1.80. The summed E-state index contributed by atoms with van der Waals surface area (Å²) in [6.45, 7) is 34.4. The third-order valence-electron chi connectivity index (χ3n) is 15.7. The van der Waals surface area contributed by atoms with Gasteiger partial charge >= 0.3 is 0 Å². The molecule has 10 nitrogen and oxygen atoms in total. The Balaban J connectivity index is 0.00000105. The molecule has 0 bridgehead atoms. The molecule has 2 aromatic heterocycles. The molecule has 12 heteroatoms. The van der Waals surface area contributed by atoms with Gasteiger partial charge in [0.15, 0.2) is 0 Å². The van der Waals surface area contributed by atoms with Crippen LogP contribution in [0, 0.1) is 67.2 Å². The van der Waals surface area contributed by atoms with Crippen molar-refractivity contribution in [2.75, 3.05) is 139 Å². The maximum atomic E-state index is 13.0. The number of hydrogen-bond donors (Lipinski definition) is 2. The number of aryl methyl sites for hydroxylation is 9. The quantitative estimate of drug-likeness (QED) is 0.161. The first-order valence-electron chi connectivity index (χ1n) is 35.4. The molecule has 540 valence electrons. The van der Waals surface area contributed by atoms with E-state index in [1.165, 1.54) is 110 Å². The number of methoxy groups -OCH3 is 1. The number of aromatic nitrogens is 2. The van der Waals surface area contributed by atoms with Gasteiger partial charge in [-0.25, -0.2) is 9.37 Å². The van der Waals surface area contributed by atoms with Gasteiger partial charge in [0.05, 0.1) is 6.20 Å². The zero-order valence-corrected chi connectivity index (χ0v) is 66.3. The highest BCUT2D eigenvalue weighted by Crippen LogP contribution is 2.25. The standard InChI is InChI=1S/C10H15N.C9H14N4.C9H9NS.4C8H10.C7H14FN.C7H14.C6H14O.C3H9N.C2H7N/c1-4-9-6-5-7-10(8-9)11(2)3;1-12-4-6-13(7-5-12)9-8-10-2-3-11-9;1-10-8-3-2-7-4-5-11-9(7)6-8;4*1-7-3-5-8(2)6-4-7;1-7(8)3-5-9(2)6-4-7;1-7-5-3-2-4-6-7;1-6(2)4-5-7-3;1-4(2)3;1-3-2/h5-8H,4H2,1-3H3;2-3,8H,4-7H2,1H3;2-6,10H,1H3;4*3-6H,1-2H3;3-6H2,1-2H3;7H,2-6H2,1H3;6H,4-5H2,1-3H3;1-3H3;3H,1-2H3. The van der Waals surface area contributed by atoms with Gasteiger partial charge < -0.3 is 39.9 Å². The Labute approximate surface area is 597 Å². The maximum absolute atomic E-state index is 13.0. The Kier molecular flexibility index (Phi) is 51.7. The van der Waals surface area contributed by atoms with Crippen LogP contribution in [0.4, 0.5) is 21.6 Å². The largest absolute Gasteiger partial charge is 0.388 e. The Morgan fingerprint density at radius 3 is 1.34 bits per heavy atom. The number of nitrogens with zero attached hydrogens (tertiary/aromatic N) is 7. The van der Waals surface area contributed by atoms with E-state index in [0.717, 1.165) is 69.9 Å². The molecule has 0 spiro atoms. The number of ether oxygens (including phenoxy) is 1. The van der Waals surface area contributed by atoms with Gasteiger partial charge in [0.25, 0.3) is 0 Å². The van der Waals surface area contributed by atoms with Crippen molar-refractivity contribution in [1.29, 1.82) is 0 Å². The normalized spacial score (nSPS) is 13.6. The van der Waals surface area contributed by atoms with Crippen molar-refractivity contribution < 1.29 is 9.13 Å². The van der Waals surface area contributed by atoms with Gasteiger partial charge in [-0.1, -0.05) is 220 Å². The lowest BCUT2D eigenvalue weighted by Crippen LogP contribution is -2.44. The lowest BCUT2D eigenvalue weighted by Gasteiger charge is -2.32. The van der Waals surface area contributed by atoms with E-state index >= 15 is 0 Å². The zero-order chi connectivity index (χ0) is 73.0. The molecule has 11 rings (SSSR count). The predicted molar refractivity (Wildman–Crippen MR) is 431 cm³/mol. The highest BCUT2D eigenvalue weighted by Gasteiger charge is 2.27. The van der Waals surface area contributed by atoms with Crippen LogP contribution in [0.5, 0.6) is 0 Å². The summed E-state index contributed by atoms with van der Waals surface area (Å²) in [6, 6.07) is 51.1. The minimum absolute atomic E-state index is 0.698. The van der Waals surface area contributed by atoms with Crippen LogP contribution in [0.2, 0.25) is 0 Å². The fraction of sp³-hybridized carbons (Fsp3) is 0.506. The number of piperidine rings is 1. The smallest absolute Gasteiger partial charge is 0.147 e. The molecular weight excluding hydrogens is 1210 g/mol. The summed E-state index contributed by atoms with van der Waals surface area (Å²) in [6.07, 6.45) is 16.4. The average molecular weight is 1350 g/mol. The number of piperazine rings is 1. The molecular formula is C85H136FN9OS. The van der Waals surface area contributed by atoms with E-state index in [-0.39, 0.29) is 0 Å². The summed E-state index contributed by atoms with van der Waals surface area (Å²) in [5, 5.41) is 9.31. The first kappa shape index (κ1) is 90.5. The summed E-state index contributed by atoms with van der Waals surface area (Å²) in [5.74, 6) is 2.81. The molecule has 6 aromatic carbocycles. The van der Waals surface area contributed by atoms with Crippen molar-refractivity contribution in [1.82, 2.24) is 30.0 Å². The molecule has 3 fully saturated rings. The monoisotopic (exact) mass is 1350 g/mol. The van der Waals surface area contributed by atoms with E-state index in [2.05, 4.69) is 295 Å². The first-order valence-corrected chi connectivity index (χ1v) is 36.2. The van der Waals surface area contributed by atoms with E-state index in [1.807, 2.05) is 60.4 Å². The van der Waals surface area contributed by atoms with Crippen molar-refractivity contribution in [2.45, 2.75) is 153 Å². The molecule has 0 amide bonds. The van der Waals surface area contributed by atoms with Crippen LogP contribution in [0.1, 0.15) is 136 Å². The van der Waals surface area contributed by atoms with Gasteiger partial charge in [0.2, 0.25) is 0 Å². The van der Waals surface area contributed by atoms with E-state index in [0.29, 0.717) is 12.8 Å². The van der Waals surface area contributed by atoms with Crippen LogP contribution in [-0.4, -0.2) is 154 Å². The second-order valence-electron chi connectivity index (χ2n) is 27.3. The Morgan fingerprint density at radius 1 is 0.598 bits per heavy atom. The highest BCUT2D eigenvalue weighted by atomic mass is 32.1. The van der Waals surface area contributed by atoms with Gasteiger partial charge in [0.1, 0.15) is 11.5 Å². The number of anilines is 3. The Hall–Kier alpha value is -6.51. The number of halogens is 1. The number of likely N-dealkylation sites (tertiary alicyclic amines) is 1. The lowest BCUT2D eigenvalue weighted by atomic mass is 9.91. The van der Waals surface area contributed by atoms with Crippen LogP contribution in [-0.2, 0) is 11.2 Å². The number of hydrogen-bond acceptors (Lipinski definition) is 11. The van der Waals surface area contributed by atoms with Gasteiger partial charge in [-0.2, -0.15) is 0 Å². The van der Waals surface area contributed by atoms with Gasteiger partial charge in [-0.15, -0.1) is 11.3 Å². The molecule has 0 atom stereocenters. The number of fused-ring (bicyclic) bond motifs is 1.